The van der Waals surface area contributed by atoms with Crippen molar-refractivity contribution < 1.29 is 0 Å². The van der Waals surface area contributed by atoms with Crippen molar-refractivity contribution in [2.24, 2.45) is 5.41 Å². The van der Waals surface area contributed by atoms with Gasteiger partial charge in [0.15, 0.2) is 0 Å². The van der Waals surface area contributed by atoms with Gasteiger partial charge >= 0.3 is 0 Å². The Morgan fingerprint density at radius 3 is 2.69 bits per heavy atom. The molecule has 0 spiro atoms. The average Bonchev–Trinajstić information content (AvgIpc) is 2.04. The van der Waals surface area contributed by atoms with E-state index >= 15 is 0 Å². The quantitative estimate of drug-likeness (QED) is 0.670. The van der Waals surface area contributed by atoms with Crippen LogP contribution in [0.15, 0.2) is 30.6 Å². The van der Waals surface area contributed by atoms with Crippen LogP contribution < -0.4 is 0 Å². The summed E-state index contributed by atoms with van der Waals surface area (Å²) in [6.45, 7) is 6.71. The van der Waals surface area contributed by atoms with E-state index in [4.69, 9.17) is 0 Å². The smallest absolute Gasteiger partial charge is 0.0340 e. The molecule has 13 heavy (non-hydrogen) atoms. The fraction of sp³-hybridized carbons (Fsp3) is 0.417. The maximum atomic E-state index is 4.05. The van der Waals surface area contributed by atoms with Crippen LogP contribution in [0.4, 0.5) is 0 Å². The van der Waals surface area contributed by atoms with E-state index in [2.05, 4.69) is 44.0 Å². The molecule has 1 aromatic rings. The van der Waals surface area contributed by atoms with Crippen molar-refractivity contribution in [3.05, 3.63) is 36.2 Å². The molecule has 0 aromatic carbocycles. The molecule has 0 aliphatic carbocycles. The van der Waals surface area contributed by atoms with Gasteiger partial charge in [0.2, 0.25) is 0 Å². The molecule has 1 aromatic heterocycles. The van der Waals surface area contributed by atoms with Crippen LogP contribution in [0.5, 0.6) is 0 Å². The number of pyridine rings is 1. The van der Waals surface area contributed by atoms with Gasteiger partial charge in [0.05, 0.1) is 0 Å². The van der Waals surface area contributed by atoms with Crippen LogP contribution in [-0.4, -0.2) is 4.98 Å². The number of rotatable bonds is 2. The fourth-order valence-corrected chi connectivity index (χ4v) is 1.02. The SMILES string of the molecule is CC(C)(C)C/C=C/c1cccnc1. The zero-order valence-electron chi connectivity index (χ0n) is 8.62. The molecule has 0 radical (unpaired) electrons. The third kappa shape index (κ3) is 4.46. The maximum Gasteiger partial charge on any atom is 0.0340 e. The maximum absolute atomic E-state index is 4.05. The summed E-state index contributed by atoms with van der Waals surface area (Å²) in [6, 6.07) is 4.02. The van der Waals surface area contributed by atoms with Crippen molar-refractivity contribution in [3.8, 4) is 0 Å². The molecular formula is C12H17N. The third-order valence-corrected chi connectivity index (χ3v) is 1.72. The molecule has 0 unspecified atom stereocenters. The first-order valence-corrected chi connectivity index (χ1v) is 4.64. The summed E-state index contributed by atoms with van der Waals surface area (Å²) in [7, 11) is 0. The molecule has 0 amide bonds. The largest absolute Gasteiger partial charge is 0.264 e. The van der Waals surface area contributed by atoms with Crippen molar-refractivity contribution in [1.82, 2.24) is 4.98 Å². The van der Waals surface area contributed by atoms with E-state index in [0.29, 0.717) is 5.41 Å². The van der Waals surface area contributed by atoms with E-state index in [1.807, 2.05) is 12.3 Å². The Kier molecular flexibility index (Phi) is 3.24. The Balaban J connectivity index is 2.51. The molecule has 0 N–H and O–H groups in total. The van der Waals surface area contributed by atoms with Crippen molar-refractivity contribution in [1.29, 1.82) is 0 Å². The Bertz CT molecular complexity index is 267. The van der Waals surface area contributed by atoms with Crippen molar-refractivity contribution >= 4 is 6.08 Å². The predicted molar refractivity (Wildman–Crippen MR) is 57.3 cm³/mol. The molecular weight excluding hydrogens is 158 g/mol. The van der Waals surface area contributed by atoms with E-state index in [1.54, 1.807) is 6.20 Å². The summed E-state index contributed by atoms with van der Waals surface area (Å²) >= 11 is 0. The minimum absolute atomic E-state index is 0.374. The lowest BCUT2D eigenvalue weighted by Gasteiger charge is -2.14. The Labute approximate surface area is 80.5 Å². The summed E-state index contributed by atoms with van der Waals surface area (Å²) in [5.41, 5.74) is 1.55. The molecule has 1 rings (SSSR count). The second-order valence-corrected chi connectivity index (χ2v) is 4.45. The number of aromatic nitrogens is 1. The van der Waals surface area contributed by atoms with E-state index < -0.39 is 0 Å². The molecule has 0 fully saturated rings. The molecule has 0 aliphatic rings. The van der Waals surface area contributed by atoms with Gasteiger partial charge < -0.3 is 0 Å². The van der Waals surface area contributed by atoms with Gasteiger partial charge in [-0.2, -0.15) is 0 Å². The average molecular weight is 175 g/mol. The van der Waals surface area contributed by atoms with Crippen LogP contribution >= 0.6 is 0 Å². The van der Waals surface area contributed by atoms with Gasteiger partial charge in [0, 0.05) is 12.4 Å². The van der Waals surface area contributed by atoms with E-state index in [1.165, 1.54) is 5.56 Å². The Morgan fingerprint density at radius 2 is 2.15 bits per heavy atom. The van der Waals surface area contributed by atoms with Gasteiger partial charge in [-0.05, 0) is 23.5 Å². The van der Waals surface area contributed by atoms with Crippen molar-refractivity contribution in [3.63, 3.8) is 0 Å². The van der Waals surface area contributed by atoms with Gasteiger partial charge in [-0.15, -0.1) is 0 Å². The van der Waals surface area contributed by atoms with Gasteiger partial charge in [-0.25, -0.2) is 0 Å². The molecule has 0 atom stereocenters. The standard InChI is InChI=1S/C12H17N/c1-12(2,3)8-4-6-11-7-5-9-13-10-11/h4-7,9-10H,8H2,1-3H3/b6-4+. The zero-order valence-corrected chi connectivity index (χ0v) is 8.62. The van der Waals surface area contributed by atoms with Crippen LogP contribution in [0.1, 0.15) is 32.8 Å². The van der Waals surface area contributed by atoms with E-state index in [0.717, 1.165) is 6.42 Å². The van der Waals surface area contributed by atoms with Gasteiger partial charge in [0.25, 0.3) is 0 Å². The monoisotopic (exact) mass is 175 g/mol. The van der Waals surface area contributed by atoms with Gasteiger partial charge in [0.1, 0.15) is 0 Å². The van der Waals surface area contributed by atoms with Crippen LogP contribution in [0.3, 0.4) is 0 Å². The molecule has 0 aliphatic heterocycles. The molecule has 1 heterocycles. The predicted octanol–water partition coefficient (Wildman–Crippen LogP) is 3.53. The van der Waals surface area contributed by atoms with Crippen molar-refractivity contribution in [2.45, 2.75) is 27.2 Å². The van der Waals surface area contributed by atoms with Crippen LogP contribution in [0.2, 0.25) is 0 Å². The van der Waals surface area contributed by atoms with Gasteiger partial charge in [-0.3, -0.25) is 4.98 Å². The van der Waals surface area contributed by atoms with Crippen LogP contribution in [0.25, 0.3) is 6.08 Å². The second kappa shape index (κ2) is 4.22. The minimum Gasteiger partial charge on any atom is -0.264 e. The summed E-state index contributed by atoms with van der Waals surface area (Å²) in [4.78, 5) is 4.05. The van der Waals surface area contributed by atoms with Gasteiger partial charge in [-0.1, -0.05) is 39.0 Å². The van der Waals surface area contributed by atoms with Crippen LogP contribution in [0, 0.1) is 5.41 Å². The number of hydrogen-bond acceptors (Lipinski definition) is 1. The highest BCUT2D eigenvalue weighted by molar-refractivity contribution is 5.47. The third-order valence-electron chi connectivity index (χ3n) is 1.72. The number of allylic oxidation sites excluding steroid dienone is 1. The number of nitrogens with zero attached hydrogens (tertiary/aromatic N) is 1. The first-order chi connectivity index (χ1) is 6.08. The van der Waals surface area contributed by atoms with E-state index in [-0.39, 0.29) is 0 Å². The van der Waals surface area contributed by atoms with Crippen LogP contribution in [-0.2, 0) is 0 Å². The highest BCUT2D eigenvalue weighted by Crippen LogP contribution is 2.19. The lowest BCUT2D eigenvalue weighted by Crippen LogP contribution is -2.01. The minimum atomic E-state index is 0.374. The molecule has 1 nitrogen and oxygen atoms in total. The first kappa shape index (κ1) is 9.97. The summed E-state index contributed by atoms with van der Waals surface area (Å²) in [5.74, 6) is 0. The molecule has 70 valence electrons. The topological polar surface area (TPSA) is 12.9 Å². The normalized spacial score (nSPS) is 12.2. The second-order valence-electron chi connectivity index (χ2n) is 4.45. The summed E-state index contributed by atoms with van der Waals surface area (Å²) in [6.07, 6.45) is 9.09. The fourth-order valence-electron chi connectivity index (χ4n) is 1.02. The molecule has 1 heteroatoms. The highest BCUT2D eigenvalue weighted by atomic mass is 14.6. The molecule has 0 saturated carbocycles. The lowest BCUT2D eigenvalue weighted by molar-refractivity contribution is 0.421. The van der Waals surface area contributed by atoms with E-state index in [9.17, 15) is 0 Å². The Hall–Kier alpha value is -1.11. The molecule has 0 saturated heterocycles. The first-order valence-electron chi connectivity index (χ1n) is 4.64. The highest BCUT2D eigenvalue weighted by Gasteiger charge is 2.05. The molecule has 0 bridgehead atoms. The zero-order chi connectivity index (χ0) is 9.73. The Morgan fingerprint density at radius 1 is 1.38 bits per heavy atom. The lowest BCUT2D eigenvalue weighted by atomic mass is 9.92. The summed E-state index contributed by atoms with van der Waals surface area (Å²) in [5, 5.41) is 0. The number of hydrogen-bond donors (Lipinski definition) is 0. The van der Waals surface area contributed by atoms with Crippen molar-refractivity contribution in [2.75, 3.05) is 0 Å². The summed E-state index contributed by atoms with van der Waals surface area (Å²) < 4.78 is 0.